The summed E-state index contributed by atoms with van der Waals surface area (Å²) in [5.41, 5.74) is 7.74. The first-order chi connectivity index (χ1) is 8.66. The molecule has 0 bridgehead atoms. The van der Waals surface area contributed by atoms with Gasteiger partial charge in [-0.05, 0) is 37.9 Å². The zero-order chi connectivity index (χ0) is 14.8. The van der Waals surface area contributed by atoms with Gasteiger partial charge >= 0.3 is 0 Å². The van der Waals surface area contributed by atoms with Crippen LogP contribution < -0.4 is 5.73 Å². The van der Waals surface area contributed by atoms with E-state index >= 15 is 0 Å². The first-order valence-electron chi connectivity index (χ1n) is 6.88. The Hall–Kier alpha value is -0.380. The molecule has 3 atom stereocenters. The molecular formula is C16H27BrN2. The van der Waals surface area contributed by atoms with Gasteiger partial charge in [0, 0.05) is 16.6 Å². The zero-order valence-electron chi connectivity index (χ0n) is 12.9. The van der Waals surface area contributed by atoms with E-state index in [1.54, 1.807) is 0 Å². The first kappa shape index (κ1) is 16.7. The van der Waals surface area contributed by atoms with Crippen LogP contribution in [0.15, 0.2) is 28.7 Å². The molecule has 0 aliphatic rings. The van der Waals surface area contributed by atoms with Crippen molar-refractivity contribution in [2.45, 2.75) is 52.7 Å². The Morgan fingerprint density at radius 3 is 2.11 bits per heavy atom. The predicted octanol–water partition coefficient (Wildman–Crippen LogP) is 4.20. The SMILES string of the molecule is CC(N)C(c1ccccc1Br)N(C)C(C)C(C)(C)C. The summed E-state index contributed by atoms with van der Waals surface area (Å²) in [5, 5.41) is 0. The Kier molecular flexibility index (Phi) is 5.60. The average molecular weight is 327 g/mol. The van der Waals surface area contributed by atoms with Crippen LogP contribution in [-0.4, -0.2) is 24.0 Å². The highest BCUT2D eigenvalue weighted by Crippen LogP contribution is 2.34. The van der Waals surface area contributed by atoms with E-state index < -0.39 is 0 Å². The fraction of sp³-hybridized carbons (Fsp3) is 0.625. The third-order valence-electron chi connectivity index (χ3n) is 4.02. The molecule has 19 heavy (non-hydrogen) atoms. The average Bonchev–Trinajstić information content (AvgIpc) is 2.29. The van der Waals surface area contributed by atoms with Crippen molar-refractivity contribution in [3.05, 3.63) is 34.3 Å². The molecule has 3 heteroatoms. The van der Waals surface area contributed by atoms with Crippen LogP contribution in [0.5, 0.6) is 0 Å². The molecule has 0 amide bonds. The fourth-order valence-electron chi connectivity index (χ4n) is 2.44. The number of likely N-dealkylation sites (N-methyl/N-ethyl adjacent to an activating group) is 1. The number of nitrogens with two attached hydrogens (primary N) is 1. The molecule has 0 fully saturated rings. The van der Waals surface area contributed by atoms with Crippen molar-refractivity contribution in [2.24, 2.45) is 11.1 Å². The molecule has 108 valence electrons. The maximum atomic E-state index is 6.26. The van der Waals surface area contributed by atoms with E-state index in [1.165, 1.54) is 5.56 Å². The highest BCUT2D eigenvalue weighted by Gasteiger charge is 2.31. The Bertz CT molecular complexity index is 409. The lowest BCUT2D eigenvalue weighted by Gasteiger charge is -2.42. The van der Waals surface area contributed by atoms with Crippen molar-refractivity contribution < 1.29 is 0 Å². The molecule has 0 saturated heterocycles. The third-order valence-corrected chi connectivity index (χ3v) is 4.75. The van der Waals surface area contributed by atoms with E-state index in [-0.39, 0.29) is 17.5 Å². The summed E-state index contributed by atoms with van der Waals surface area (Å²) in [6, 6.07) is 9.09. The van der Waals surface area contributed by atoms with Crippen LogP contribution in [0.3, 0.4) is 0 Å². The Morgan fingerprint density at radius 2 is 1.68 bits per heavy atom. The third kappa shape index (κ3) is 4.04. The standard InChI is InChI=1S/C16H27BrN2/c1-11(18)15(13-9-7-8-10-14(13)17)19(6)12(2)16(3,4)5/h7-12,15H,18H2,1-6H3. The first-order valence-corrected chi connectivity index (χ1v) is 7.67. The molecule has 1 aromatic carbocycles. The Balaban J connectivity index is 3.13. The highest BCUT2D eigenvalue weighted by atomic mass is 79.9. The number of benzene rings is 1. The monoisotopic (exact) mass is 326 g/mol. The van der Waals surface area contributed by atoms with Crippen LogP contribution in [0.4, 0.5) is 0 Å². The lowest BCUT2D eigenvalue weighted by molar-refractivity contribution is 0.0864. The minimum atomic E-state index is 0.0773. The van der Waals surface area contributed by atoms with Crippen molar-refractivity contribution in [1.29, 1.82) is 0 Å². The van der Waals surface area contributed by atoms with E-state index in [0.29, 0.717) is 6.04 Å². The number of rotatable bonds is 4. The lowest BCUT2D eigenvalue weighted by atomic mass is 9.85. The maximum absolute atomic E-state index is 6.26. The molecule has 1 aromatic rings. The van der Waals surface area contributed by atoms with Crippen LogP contribution >= 0.6 is 15.9 Å². The van der Waals surface area contributed by atoms with E-state index in [1.807, 2.05) is 6.07 Å². The molecule has 1 rings (SSSR count). The van der Waals surface area contributed by atoms with Gasteiger partial charge in [0.25, 0.3) is 0 Å². The second kappa shape index (κ2) is 6.38. The van der Waals surface area contributed by atoms with Crippen molar-refractivity contribution in [1.82, 2.24) is 4.90 Å². The fourth-order valence-corrected chi connectivity index (χ4v) is 2.96. The van der Waals surface area contributed by atoms with Gasteiger partial charge in [-0.1, -0.05) is 54.9 Å². The summed E-state index contributed by atoms with van der Waals surface area (Å²) in [5.74, 6) is 0. The van der Waals surface area contributed by atoms with E-state index in [0.717, 1.165) is 4.47 Å². The molecule has 0 heterocycles. The molecule has 3 unspecified atom stereocenters. The molecule has 0 aliphatic heterocycles. The van der Waals surface area contributed by atoms with Crippen molar-refractivity contribution >= 4 is 15.9 Å². The summed E-state index contributed by atoms with van der Waals surface area (Å²) < 4.78 is 1.13. The summed E-state index contributed by atoms with van der Waals surface area (Å²) in [6.45, 7) is 11.2. The molecule has 0 aliphatic carbocycles. The smallest absolute Gasteiger partial charge is 0.0507 e. The molecular weight excluding hydrogens is 300 g/mol. The molecule has 2 nitrogen and oxygen atoms in total. The highest BCUT2D eigenvalue weighted by molar-refractivity contribution is 9.10. The largest absolute Gasteiger partial charge is 0.326 e. The van der Waals surface area contributed by atoms with Gasteiger partial charge in [-0.25, -0.2) is 0 Å². The lowest BCUT2D eigenvalue weighted by Crippen LogP contribution is -2.46. The van der Waals surface area contributed by atoms with Gasteiger partial charge in [-0.15, -0.1) is 0 Å². The van der Waals surface area contributed by atoms with Gasteiger partial charge < -0.3 is 5.73 Å². The quantitative estimate of drug-likeness (QED) is 0.898. The van der Waals surface area contributed by atoms with Crippen molar-refractivity contribution in [3.8, 4) is 0 Å². The topological polar surface area (TPSA) is 29.3 Å². The summed E-state index contributed by atoms with van der Waals surface area (Å²) in [7, 11) is 2.17. The van der Waals surface area contributed by atoms with Crippen LogP contribution in [0.25, 0.3) is 0 Å². The number of hydrogen-bond acceptors (Lipinski definition) is 2. The summed E-state index contributed by atoms with van der Waals surface area (Å²) in [4.78, 5) is 2.39. The number of nitrogens with zero attached hydrogens (tertiary/aromatic N) is 1. The maximum Gasteiger partial charge on any atom is 0.0507 e. The molecule has 2 N–H and O–H groups in total. The zero-order valence-corrected chi connectivity index (χ0v) is 14.5. The number of halogens is 1. The van der Waals surface area contributed by atoms with E-state index in [2.05, 4.69) is 80.7 Å². The van der Waals surface area contributed by atoms with Gasteiger partial charge in [-0.3, -0.25) is 4.90 Å². The molecule has 0 saturated carbocycles. The van der Waals surface area contributed by atoms with Crippen molar-refractivity contribution in [2.75, 3.05) is 7.05 Å². The molecule has 0 aromatic heterocycles. The van der Waals surface area contributed by atoms with Crippen LogP contribution in [0, 0.1) is 5.41 Å². The van der Waals surface area contributed by atoms with E-state index in [9.17, 15) is 0 Å². The summed E-state index contributed by atoms with van der Waals surface area (Å²) >= 11 is 3.65. The molecule has 0 radical (unpaired) electrons. The van der Waals surface area contributed by atoms with Crippen LogP contribution in [0.2, 0.25) is 0 Å². The van der Waals surface area contributed by atoms with Crippen LogP contribution in [0.1, 0.15) is 46.2 Å². The normalized spacial score (nSPS) is 17.3. The minimum Gasteiger partial charge on any atom is -0.326 e. The second-order valence-electron chi connectivity index (χ2n) is 6.53. The number of hydrogen-bond donors (Lipinski definition) is 1. The van der Waals surface area contributed by atoms with Gasteiger partial charge in [0.15, 0.2) is 0 Å². The Morgan fingerprint density at radius 1 is 1.16 bits per heavy atom. The van der Waals surface area contributed by atoms with Gasteiger partial charge in [0.05, 0.1) is 6.04 Å². The van der Waals surface area contributed by atoms with Crippen molar-refractivity contribution in [3.63, 3.8) is 0 Å². The molecule has 0 spiro atoms. The predicted molar refractivity (Wildman–Crippen MR) is 87.2 cm³/mol. The summed E-state index contributed by atoms with van der Waals surface area (Å²) in [6.07, 6.45) is 0. The second-order valence-corrected chi connectivity index (χ2v) is 7.39. The van der Waals surface area contributed by atoms with Crippen LogP contribution in [-0.2, 0) is 0 Å². The van der Waals surface area contributed by atoms with Gasteiger partial charge in [0.2, 0.25) is 0 Å². The Labute approximate surface area is 126 Å². The minimum absolute atomic E-state index is 0.0773. The van der Waals surface area contributed by atoms with Gasteiger partial charge in [-0.2, -0.15) is 0 Å². The van der Waals surface area contributed by atoms with E-state index in [4.69, 9.17) is 5.73 Å². The van der Waals surface area contributed by atoms with Gasteiger partial charge in [0.1, 0.15) is 0 Å².